The van der Waals surface area contributed by atoms with Gasteiger partial charge < -0.3 is 10.5 Å². The topological polar surface area (TPSA) is 73.9 Å². The highest BCUT2D eigenvalue weighted by molar-refractivity contribution is 6.31. The Morgan fingerprint density at radius 3 is 2.79 bits per heavy atom. The third-order valence-corrected chi connectivity index (χ3v) is 2.53. The predicted octanol–water partition coefficient (Wildman–Crippen LogP) is 2.70. The van der Waals surface area contributed by atoms with Gasteiger partial charge in [0.05, 0.1) is 11.6 Å². The van der Waals surface area contributed by atoms with Crippen molar-refractivity contribution in [2.24, 2.45) is 0 Å². The van der Waals surface area contributed by atoms with Crippen LogP contribution in [-0.2, 0) is 0 Å². The van der Waals surface area contributed by atoms with Crippen molar-refractivity contribution in [2.45, 2.75) is 13.3 Å². The lowest BCUT2D eigenvalue weighted by molar-refractivity contribution is 0.292. The van der Waals surface area contributed by atoms with Gasteiger partial charge in [-0.15, -0.1) is 0 Å². The molecule has 0 bridgehead atoms. The molecule has 1 heterocycles. The van der Waals surface area contributed by atoms with Gasteiger partial charge in [-0.3, -0.25) is 0 Å². The number of nitrogen functional groups attached to an aromatic ring is 1. The van der Waals surface area contributed by atoms with Crippen LogP contribution in [0.4, 0.5) is 10.3 Å². The predicted molar refractivity (Wildman–Crippen MR) is 70.4 cm³/mol. The summed E-state index contributed by atoms with van der Waals surface area (Å²) in [5, 5.41) is -0.00693. The molecular weight excluding hydrogens is 271 g/mol. The highest BCUT2D eigenvalue weighted by Gasteiger charge is 2.09. The van der Waals surface area contributed by atoms with E-state index >= 15 is 0 Å². The van der Waals surface area contributed by atoms with E-state index in [0.717, 1.165) is 6.42 Å². The molecule has 0 spiro atoms. The number of hydrogen-bond acceptors (Lipinski definition) is 5. The molecule has 0 saturated carbocycles. The first-order chi connectivity index (χ1) is 9.10. The molecule has 2 rings (SSSR count). The molecule has 0 unspecified atom stereocenters. The van der Waals surface area contributed by atoms with E-state index in [1.165, 1.54) is 18.2 Å². The molecule has 19 heavy (non-hydrogen) atoms. The molecule has 0 fully saturated rings. The van der Waals surface area contributed by atoms with Crippen molar-refractivity contribution in [3.8, 4) is 17.4 Å². The zero-order valence-corrected chi connectivity index (χ0v) is 11.0. The van der Waals surface area contributed by atoms with E-state index < -0.39 is 5.82 Å². The summed E-state index contributed by atoms with van der Waals surface area (Å²) in [5.74, 6) is -0.174. The second kappa shape index (κ2) is 5.79. The minimum absolute atomic E-state index is 0.00693. The Labute approximate surface area is 114 Å². The highest BCUT2D eigenvalue weighted by atomic mass is 35.5. The van der Waals surface area contributed by atoms with Crippen molar-refractivity contribution >= 4 is 17.5 Å². The van der Waals surface area contributed by atoms with Gasteiger partial charge in [0.25, 0.3) is 0 Å². The molecule has 2 aromatic rings. The number of anilines is 1. The molecule has 0 aliphatic rings. The standard InChI is InChI=1S/C12H12ClFN4O/c1-2-5-19-12-17-10(16-11(15)18-12)7-3-4-9(14)8(13)6-7/h3-4,6H,2,5H2,1H3,(H2,15,16,17,18). The maximum atomic E-state index is 13.1. The van der Waals surface area contributed by atoms with Gasteiger partial charge in [-0.25, -0.2) is 4.39 Å². The number of hydrogen-bond donors (Lipinski definition) is 1. The van der Waals surface area contributed by atoms with Crippen LogP contribution in [0.5, 0.6) is 6.01 Å². The summed E-state index contributed by atoms with van der Waals surface area (Å²) in [6.45, 7) is 2.44. The summed E-state index contributed by atoms with van der Waals surface area (Å²) in [5.41, 5.74) is 6.13. The van der Waals surface area contributed by atoms with Crippen molar-refractivity contribution in [3.63, 3.8) is 0 Å². The quantitative estimate of drug-likeness (QED) is 0.933. The van der Waals surface area contributed by atoms with Gasteiger partial charge in [0.2, 0.25) is 5.95 Å². The van der Waals surface area contributed by atoms with Crippen LogP contribution in [0.1, 0.15) is 13.3 Å². The van der Waals surface area contributed by atoms with Crippen molar-refractivity contribution in [1.29, 1.82) is 0 Å². The smallest absolute Gasteiger partial charge is 0.321 e. The highest BCUT2D eigenvalue weighted by Crippen LogP contribution is 2.23. The first-order valence-corrected chi connectivity index (χ1v) is 6.07. The van der Waals surface area contributed by atoms with Crippen LogP contribution in [0.2, 0.25) is 5.02 Å². The van der Waals surface area contributed by atoms with Gasteiger partial charge in [0.1, 0.15) is 5.82 Å². The molecule has 1 aromatic heterocycles. The SMILES string of the molecule is CCCOc1nc(N)nc(-c2ccc(F)c(Cl)c2)n1. The molecule has 0 amide bonds. The van der Waals surface area contributed by atoms with E-state index in [1.54, 1.807) is 0 Å². The van der Waals surface area contributed by atoms with Crippen LogP contribution in [0.15, 0.2) is 18.2 Å². The van der Waals surface area contributed by atoms with Crippen molar-refractivity contribution in [3.05, 3.63) is 29.0 Å². The summed E-state index contributed by atoms with van der Waals surface area (Å²) < 4.78 is 18.4. The lowest BCUT2D eigenvalue weighted by atomic mass is 10.2. The van der Waals surface area contributed by atoms with Gasteiger partial charge in [-0.2, -0.15) is 15.0 Å². The Morgan fingerprint density at radius 1 is 1.32 bits per heavy atom. The molecule has 0 aliphatic heterocycles. The van der Waals surface area contributed by atoms with Crippen molar-refractivity contribution in [1.82, 2.24) is 15.0 Å². The number of benzene rings is 1. The first-order valence-electron chi connectivity index (χ1n) is 5.70. The van der Waals surface area contributed by atoms with Crippen LogP contribution in [0.25, 0.3) is 11.4 Å². The number of ether oxygens (including phenoxy) is 1. The van der Waals surface area contributed by atoms with E-state index in [4.69, 9.17) is 22.1 Å². The second-order valence-corrected chi connectivity index (χ2v) is 4.18. The van der Waals surface area contributed by atoms with E-state index in [0.29, 0.717) is 18.0 Å². The van der Waals surface area contributed by atoms with Crippen molar-refractivity contribution in [2.75, 3.05) is 12.3 Å². The number of aromatic nitrogens is 3. The average Bonchev–Trinajstić information content (AvgIpc) is 2.39. The lowest BCUT2D eigenvalue weighted by Gasteiger charge is -2.06. The van der Waals surface area contributed by atoms with Crippen LogP contribution in [0, 0.1) is 5.82 Å². The molecule has 0 radical (unpaired) electrons. The molecule has 5 nitrogen and oxygen atoms in total. The maximum absolute atomic E-state index is 13.1. The largest absolute Gasteiger partial charge is 0.463 e. The van der Waals surface area contributed by atoms with E-state index in [2.05, 4.69) is 15.0 Å². The Hall–Kier alpha value is -1.95. The van der Waals surface area contributed by atoms with Gasteiger partial charge >= 0.3 is 6.01 Å². The molecule has 0 aliphatic carbocycles. The minimum atomic E-state index is -0.505. The minimum Gasteiger partial charge on any atom is -0.463 e. The van der Waals surface area contributed by atoms with Crippen LogP contribution in [-0.4, -0.2) is 21.6 Å². The van der Waals surface area contributed by atoms with E-state index in [9.17, 15) is 4.39 Å². The van der Waals surface area contributed by atoms with Gasteiger partial charge in [0, 0.05) is 5.56 Å². The lowest BCUT2D eigenvalue weighted by Crippen LogP contribution is -2.05. The molecule has 1 aromatic carbocycles. The number of rotatable bonds is 4. The second-order valence-electron chi connectivity index (χ2n) is 3.78. The number of halogens is 2. The van der Waals surface area contributed by atoms with Gasteiger partial charge in [-0.1, -0.05) is 18.5 Å². The fraction of sp³-hybridized carbons (Fsp3) is 0.250. The van der Waals surface area contributed by atoms with Gasteiger partial charge in [-0.05, 0) is 24.6 Å². The molecule has 0 saturated heterocycles. The Bertz CT molecular complexity index is 594. The Balaban J connectivity index is 2.37. The molecule has 2 N–H and O–H groups in total. The van der Waals surface area contributed by atoms with E-state index in [1.807, 2.05) is 6.92 Å². The molecule has 100 valence electrons. The van der Waals surface area contributed by atoms with E-state index in [-0.39, 0.29) is 17.0 Å². The monoisotopic (exact) mass is 282 g/mol. The van der Waals surface area contributed by atoms with Crippen LogP contribution in [0.3, 0.4) is 0 Å². The zero-order valence-electron chi connectivity index (χ0n) is 10.2. The summed E-state index contributed by atoms with van der Waals surface area (Å²) in [6, 6.07) is 4.32. The summed E-state index contributed by atoms with van der Waals surface area (Å²) in [6.07, 6.45) is 0.823. The fourth-order valence-corrected chi connectivity index (χ4v) is 1.57. The first kappa shape index (κ1) is 13.5. The maximum Gasteiger partial charge on any atom is 0.321 e. The van der Waals surface area contributed by atoms with Crippen LogP contribution < -0.4 is 10.5 Å². The summed E-state index contributed by atoms with van der Waals surface area (Å²) in [7, 11) is 0. The normalized spacial score (nSPS) is 10.5. The third-order valence-electron chi connectivity index (χ3n) is 2.25. The van der Waals surface area contributed by atoms with Crippen molar-refractivity contribution < 1.29 is 9.13 Å². The molecular formula is C12H12ClFN4O. The number of nitrogens with zero attached hydrogens (tertiary/aromatic N) is 3. The molecule has 0 atom stereocenters. The average molecular weight is 283 g/mol. The van der Waals surface area contributed by atoms with Gasteiger partial charge in [0.15, 0.2) is 5.82 Å². The number of nitrogens with two attached hydrogens (primary N) is 1. The molecule has 7 heteroatoms. The fourth-order valence-electron chi connectivity index (χ4n) is 1.39. The van der Waals surface area contributed by atoms with Crippen LogP contribution >= 0.6 is 11.6 Å². The zero-order chi connectivity index (χ0) is 13.8. The summed E-state index contributed by atoms with van der Waals surface area (Å²) >= 11 is 5.72. The third kappa shape index (κ3) is 3.29. The Morgan fingerprint density at radius 2 is 2.11 bits per heavy atom. The Kier molecular flexibility index (Phi) is 4.11. The summed E-state index contributed by atoms with van der Waals surface area (Å²) in [4.78, 5) is 11.9.